The Balaban J connectivity index is 0.00000162. The molecule has 0 saturated heterocycles. The van der Waals surface area contributed by atoms with Gasteiger partial charge in [0.1, 0.15) is 11.5 Å². The van der Waals surface area contributed by atoms with Crippen molar-refractivity contribution in [2.45, 2.75) is 19.3 Å². The Labute approximate surface area is 103 Å². The highest BCUT2D eigenvalue weighted by molar-refractivity contribution is 5.41. The van der Waals surface area contributed by atoms with Crippen LogP contribution in [0.1, 0.15) is 26.4 Å². The molecule has 2 aromatic rings. The lowest BCUT2D eigenvalue weighted by atomic mass is 9.78. The third kappa shape index (κ3) is 2.26. The van der Waals surface area contributed by atoms with Crippen LogP contribution in [0.15, 0.2) is 48.5 Å². The van der Waals surface area contributed by atoms with Crippen LogP contribution in [0.3, 0.4) is 0 Å². The molecule has 0 aliphatic carbocycles. The van der Waals surface area contributed by atoms with Gasteiger partial charge in [-0.05, 0) is 35.4 Å². The zero-order chi connectivity index (χ0) is 12.5. The van der Waals surface area contributed by atoms with Crippen LogP contribution < -0.4 is 0 Å². The number of rotatable bonds is 2. The molecule has 0 aliphatic rings. The van der Waals surface area contributed by atoms with Crippen molar-refractivity contribution in [3.8, 4) is 11.5 Å². The highest BCUT2D eigenvalue weighted by Gasteiger charge is 2.22. The predicted octanol–water partition coefficient (Wildman–Crippen LogP) is 3.67. The summed E-state index contributed by atoms with van der Waals surface area (Å²) < 4.78 is 0. The Morgan fingerprint density at radius 1 is 0.706 bits per heavy atom. The van der Waals surface area contributed by atoms with Crippen molar-refractivity contribution in [2.75, 3.05) is 0 Å². The van der Waals surface area contributed by atoms with Gasteiger partial charge in [0.15, 0.2) is 0 Å². The number of hydrogen-bond donors (Lipinski definition) is 2. The minimum absolute atomic E-state index is 0. The first-order chi connectivity index (χ1) is 8.00. The van der Waals surface area contributed by atoms with E-state index in [0.29, 0.717) is 0 Å². The molecule has 2 aromatic carbocycles. The van der Waals surface area contributed by atoms with E-state index in [4.69, 9.17) is 0 Å². The van der Waals surface area contributed by atoms with Crippen molar-refractivity contribution in [2.24, 2.45) is 0 Å². The molecular formula is C15H18O2. The molecule has 0 spiro atoms. The number of aromatic hydroxyl groups is 2. The van der Waals surface area contributed by atoms with Crippen LogP contribution in [0.5, 0.6) is 11.5 Å². The smallest absolute Gasteiger partial charge is 0.115 e. The first-order valence-corrected chi connectivity index (χ1v) is 5.59. The fraction of sp³-hybridized carbons (Fsp3) is 0.200. The number of phenolic OH excluding ortho intramolecular Hbond substituents is 2. The molecule has 0 amide bonds. The lowest BCUT2D eigenvalue weighted by molar-refractivity contribution is 0.474. The van der Waals surface area contributed by atoms with Gasteiger partial charge in [-0.15, -0.1) is 0 Å². The maximum Gasteiger partial charge on any atom is 0.115 e. The van der Waals surface area contributed by atoms with E-state index in [2.05, 4.69) is 13.8 Å². The number of phenols is 2. The monoisotopic (exact) mass is 230 g/mol. The third-order valence-corrected chi connectivity index (χ3v) is 3.18. The van der Waals surface area contributed by atoms with Crippen LogP contribution in [0.2, 0.25) is 0 Å². The van der Waals surface area contributed by atoms with Crippen molar-refractivity contribution in [3.63, 3.8) is 0 Å². The average molecular weight is 230 g/mol. The Hall–Kier alpha value is -1.96. The summed E-state index contributed by atoms with van der Waals surface area (Å²) in [6, 6.07) is 14.4. The van der Waals surface area contributed by atoms with Gasteiger partial charge in [-0.2, -0.15) is 0 Å². The summed E-state index contributed by atoms with van der Waals surface area (Å²) in [7, 11) is 0. The molecule has 90 valence electrons. The third-order valence-electron chi connectivity index (χ3n) is 3.18. The Bertz CT molecular complexity index is 454. The Morgan fingerprint density at radius 3 is 1.29 bits per heavy atom. The Kier molecular flexibility index (Phi) is 2.80. The maximum atomic E-state index is 9.30. The van der Waals surface area contributed by atoms with E-state index in [9.17, 15) is 10.2 Å². The Morgan fingerprint density at radius 2 is 1.00 bits per heavy atom. The van der Waals surface area contributed by atoms with E-state index in [-0.39, 0.29) is 18.3 Å². The van der Waals surface area contributed by atoms with Crippen LogP contribution in [0, 0.1) is 0 Å². The van der Waals surface area contributed by atoms with Gasteiger partial charge >= 0.3 is 0 Å². The highest BCUT2D eigenvalue weighted by atomic mass is 16.3. The van der Waals surface area contributed by atoms with Gasteiger partial charge in [-0.25, -0.2) is 0 Å². The van der Waals surface area contributed by atoms with E-state index in [0.717, 1.165) is 11.1 Å². The molecule has 0 radical (unpaired) electrons. The zero-order valence-corrected chi connectivity index (χ0v) is 10.0. The standard InChI is InChI=1S/C15H16O2.H2/c1-15(2,11-3-7-13(16)8-4-11)12-5-9-14(17)10-6-12;/h3-10,16-17H,1-2H3;1H. The summed E-state index contributed by atoms with van der Waals surface area (Å²) in [4.78, 5) is 0. The van der Waals surface area contributed by atoms with Gasteiger partial charge in [0.25, 0.3) is 0 Å². The molecule has 0 heterocycles. The number of hydrogen-bond acceptors (Lipinski definition) is 2. The predicted molar refractivity (Wildman–Crippen MR) is 70.5 cm³/mol. The van der Waals surface area contributed by atoms with E-state index in [1.807, 2.05) is 24.3 Å². The first kappa shape index (κ1) is 11.5. The fourth-order valence-electron chi connectivity index (χ4n) is 1.92. The minimum Gasteiger partial charge on any atom is -0.508 e. The SMILES string of the molecule is CC(C)(c1ccc(O)cc1)c1ccc(O)cc1.[HH]. The second-order valence-corrected chi connectivity index (χ2v) is 4.72. The quantitative estimate of drug-likeness (QED) is 0.826. The molecule has 0 aliphatic heterocycles. The molecule has 2 rings (SSSR count). The van der Waals surface area contributed by atoms with Crippen LogP contribution in [0.4, 0.5) is 0 Å². The van der Waals surface area contributed by atoms with Crippen LogP contribution in [-0.2, 0) is 5.41 Å². The molecule has 17 heavy (non-hydrogen) atoms. The minimum atomic E-state index is -0.151. The molecule has 2 nitrogen and oxygen atoms in total. The average Bonchev–Trinajstić information content (AvgIpc) is 2.30. The summed E-state index contributed by atoms with van der Waals surface area (Å²) >= 11 is 0. The second kappa shape index (κ2) is 4.13. The van der Waals surface area contributed by atoms with Gasteiger partial charge in [0.2, 0.25) is 0 Å². The van der Waals surface area contributed by atoms with E-state index in [1.54, 1.807) is 24.3 Å². The normalized spacial score (nSPS) is 11.4. The van der Waals surface area contributed by atoms with Gasteiger partial charge in [-0.1, -0.05) is 38.1 Å². The van der Waals surface area contributed by atoms with Crippen molar-refractivity contribution in [1.29, 1.82) is 0 Å². The van der Waals surface area contributed by atoms with Gasteiger partial charge in [-0.3, -0.25) is 0 Å². The molecule has 0 bridgehead atoms. The maximum absolute atomic E-state index is 9.30. The number of benzene rings is 2. The zero-order valence-electron chi connectivity index (χ0n) is 10.0. The van der Waals surface area contributed by atoms with Gasteiger partial charge in [0.05, 0.1) is 0 Å². The van der Waals surface area contributed by atoms with E-state index >= 15 is 0 Å². The van der Waals surface area contributed by atoms with Crippen LogP contribution >= 0.6 is 0 Å². The fourth-order valence-corrected chi connectivity index (χ4v) is 1.92. The largest absolute Gasteiger partial charge is 0.508 e. The van der Waals surface area contributed by atoms with Gasteiger partial charge in [0, 0.05) is 6.84 Å². The molecule has 2 N–H and O–H groups in total. The molecule has 0 unspecified atom stereocenters. The van der Waals surface area contributed by atoms with Crippen LogP contribution in [-0.4, -0.2) is 10.2 Å². The highest BCUT2D eigenvalue weighted by Crippen LogP contribution is 2.32. The molecular weight excluding hydrogens is 212 g/mol. The van der Waals surface area contributed by atoms with Crippen molar-refractivity contribution in [3.05, 3.63) is 59.7 Å². The van der Waals surface area contributed by atoms with E-state index in [1.165, 1.54) is 0 Å². The van der Waals surface area contributed by atoms with Crippen molar-refractivity contribution < 1.29 is 11.6 Å². The first-order valence-electron chi connectivity index (χ1n) is 5.59. The van der Waals surface area contributed by atoms with Crippen molar-refractivity contribution >= 4 is 0 Å². The second-order valence-electron chi connectivity index (χ2n) is 4.72. The lowest BCUT2D eigenvalue weighted by Gasteiger charge is -2.26. The summed E-state index contributed by atoms with van der Waals surface area (Å²) in [6.07, 6.45) is 0. The van der Waals surface area contributed by atoms with E-state index < -0.39 is 0 Å². The summed E-state index contributed by atoms with van der Waals surface area (Å²) in [5, 5.41) is 18.6. The molecule has 0 saturated carbocycles. The van der Waals surface area contributed by atoms with Crippen LogP contribution in [0.25, 0.3) is 0 Å². The summed E-state index contributed by atoms with van der Waals surface area (Å²) in [6.45, 7) is 4.23. The lowest BCUT2D eigenvalue weighted by Crippen LogP contribution is -2.18. The molecule has 0 fully saturated rings. The van der Waals surface area contributed by atoms with Crippen molar-refractivity contribution in [1.82, 2.24) is 0 Å². The summed E-state index contributed by atoms with van der Waals surface area (Å²) in [5.74, 6) is 0.547. The molecule has 0 aromatic heterocycles. The summed E-state index contributed by atoms with van der Waals surface area (Å²) in [5.41, 5.74) is 2.10. The van der Waals surface area contributed by atoms with Gasteiger partial charge < -0.3 is 10.2 Å². The topological polar surface area (TPSA) is 40.5 Å². The molecule has 2 heteroatoms. The molecule has 0 atom stereocenters.